The van der Waals surface area contributed by atoms with Gasteiger partial charge in [-0.3, -0.25) is 14.4 Å². The number of nitrogens with one attached hydrogen (secondary N) is 2. The van der Waals surface area contributed by atoms with Crippen LogP contribution >= 0.6 is 0 Å². The summed E-state index contributed by atoms with van der Waals surface area (Å²) < 4.78 is 57.6. The van der Waals surface area contributed by atoms with Crippen molar-refractivity contribution in [3.8, 4) is 0 Å². The highest BCUT2D eigenvalue weighted by Crippen LogP contribution is 2.32. The van der Waals surface area contributed by atoms with E-state index in [4.69, 9.17) is 5.41 Å². The quantitative estimate of drug-likeness (QED) is 0.502. The Morgan fingerprint density at radius 3 is 2.17 bits per heavy atom. The number of aryl methyl sites for hydroxylation is 1. The Morgan fingerprint density at radius 1 is 1.05 bits per heavy atom. The van der Waals surface area contributed by atoms with Crippen LogP contribution in [0.5, 0.6) is 0 Å². The number of aromatic nitrogens is 2. The van der Waals surface area contributed by atoms with E-state index < -0.39 is 29.7 Å². The average Bonchev–Trinajstić information content (AvgIpc) is 2.94. The van der Waals surface area contributed by atoms with E-state index in [1.54, 1.807) is 29.7 Å². The van der Waals surface area contributed by atoms with Crippen molar-refractivity contribution in [2.24, 2.45) is 7.05 Å². The molecule has 0 unspecified atom stereocenters. The molecule has 0 radical (unpaired) electrons. The molecule has 1 aliphatic heterocycles. The Morgan fingerprint density at radius 2 is 1.63 bits per heavy atom. The van der Waals surface area contributed by atoms with E-state index in [1.807, 2.05) is 31.3 Å². The van der Waals surface area contributed by atoms with E-state index in [9.17, 15) is 22.4 Å². The molecule has 2 heterocycles. The minimum atomic E-state index is -3.03. The second-order valence-corrected chi connectivity index (χ2v) is 10.6. The van der Waals surface area contributed by atoms with E-state index in [0.29, 0.717) is 23.2 Å². The molecule has 1 amide bonds. The lowest BCUT2D eigenvalue weighted by molar-refractivity contribution is 0.0827. The average molecular weight is 570 g/mol. The van der Waals surface area contributed by atoms with Gasteiger partial charge in [0.15, 0.2) is 0 Å². The highest BCUT2D eigenvalue weighted by atomic mass is 19.3. The predicted molar refractivity (Wildman–Crippen MR) is 153 cm³/mol. The predicted octanol–water partition coefficient (Wildman–Crippen LogP) is 4.54. The number of benzene rings is 1. The summed E-state index contributed by atoms with van der Waals surface area (Å²) in [4.78, 5) is 16.0. The number of piperidine rings is 1. The van der Waals surface area contributed by atoms with Gasteiger partial charge in [-0.25, -0.2) is 17.6 Å². The van der Waals surface area contributed by atoms with Gasteiger partial charge in [-0.1, -0.05) is 18.7 Å². The second-order valence-electron chi connectivity index (χ2n) is 10.6. The van der Waals surface area contributed by atoms with Crippen LogP contribution in [0, 0.1) is 5.41 Å². The maximum absolute atomic E-state index is 13.9. The van der Waals surface area contributed by atoms with Gasteiger partial charge >= 0.3 is 0 Å². The molecule has 0 saturated carbocycles. The highest BCUT2D eigenvalue weighted by Gasteiger charge is 2.29. The fourth-order valence-corrected chi connectivity index (χ4v) is 5.35. The molecular weight excluding hydrogens is 534 g/mol. The van der Waals surface area contributed by atoms with Gasteiger partial charge in [-0.2, -0.15) is 0 Å². The van der Waals surface area contributed by atoms with Gasteiger partial charge in [0.1, 0.15) is 0 Å². The van der Waals surface area contributed by atoms with Crippen molar-refractivity contribution in [1.29, 1.82) is 5.41 Å². The topological polar surface area (TPSA) is 68.1 Å². The first-order chi connectivity index (χ1) is 19.5. The van der Waals surface area contributed by atoms with Crippen molar-refractivity contribution in [2.75, 3.05) is 27.2 Å². The van der Waals surface area contributed by atoms with E-state index >= 15 is 0 Å². The third-order valence-electron chi connectivity index (χ3n) is 7.58. The first-order valence-electron chi connectivity index (χ1n) is 13.4. The van der Waals surface area contributed by atoms with Crippen molar-refractivity contribution >= 4 is 23.8 Å². The summed E-state index contributed by atoms with van der Waals surface area (Å²) in [6.07, 6.45) is -0.823. The van der Waals surface area contributed by atoms with E-state index in [-0.39, 0.29) is 16.7 Å². The number of aromatic amines is 1. The van der Waals surface area contributed by atoms with Crippen LogP contribution in [0.3, 0.4) is 0 Å². The Labute approximate surface area is 236 Å². The van der Waals surface area contributed by atoms with Crippen molar-refractivity contribution in [1.82, 2.24) is 19.6 Å². The molecule has 1 aromatic carbocycles. The molecule has 0 bridgehead atoms. The van der Waals surface area contributed by atoms with E-state index in [2.05, 4.69) is 16.6 Å². The first kappa shape index (κ1) is 30.0. The smallest absolute Gasteiger partial charge is 0.264 e. The van der Waals surface area contributed by atoms with Gasteiger partial charge < -0.3 is 15.4 Å². The van der Waals surface area contributed by atoms with Crippen LogP contribution in [-0.4, -0.2) is 71.2 Å². The molecule has 41 heavy (non-hydrogen) atoms. The number of halogens is 4. The number of amides is 1. The summed E-state index contributed by atoms with van der Waals surface area (Å²) in [5, 5.41) is 11.3. The number of hydrogen-bond acceptors (Lipinski definition) is 3. The minimum Gasteiger partial charge on any atom is -0.345 e. The molecule has 2 aromatic rings. The molecule has 1 saturated heterocycles. The van der Waals surface area contributed by atoms with Gasteiger partial charge in [0.25, 0.3) is 18.8 Å². The number of hydrogen-bond donors (Lipinski definition) is 2. The summed E-state index contributed by atoms with van der Waals surface area (Å²) in [5.41, 5.74) is 0.757. The molecule has 218 valence electrons. The molecule has 0 atom stereocenters. The van der Waals surface area contributed by atoms with Crippen molar-refractivity contribution in [3.63, 3.8) is 0 Å². The minimum absolute atomic E-state index is 0.0299. The number of nitrogens with zero attached hydrogens (tertiary/aromatic N) is 3. The summed E-state index contributed by atoms with van der Waals surface area (Å²) in [6, 6.07) is 11.0. The van der Waals surface area contributed by atoms with Crippen molar-refractivity contribution in [3.05, 3.63) is 93.2 Å². The molecule has 0 spiro atoms. The van der Waals surface area contributed by atoms with Gasteiger partial charge in [-0.05, 0) is 84.3 Å². The summed E-state index contributed by atoms with van der Waals surface area (Å²) >= 11 is 0. The Hall–Kier alpha value is -3.92. The van der Waals surface area contributed by atoms with Crippen molar-refractivity contribution in [2.45, 2.75) is 38.2 Å². The van der Waals surface area contributed by atoms with Gasteiger partial charge in [-0.15, -0.1) is 0 Å². The summed E-state index contributed by atoms with van der Waals surface area (Å²) in [5.74, 6) is 0.341. The van der Waals surface area contributed by atoms with Crippen LogP contribution in [0.1, 0.15) is 40.4 Å². The van der Waals surface area contributed by atoms with Gasteiger partial charge in [0, 0.05) is 61.9 Å². The molecule has 1 aliphatic carbocycles. The third-order valence-corrected chi connectivity index (χ3v) is 7.58. The van der Waals surface area contributed by atoms with E-state index in [1.165, 1.54) is 17.8 Å². The molecule has 1 fully saturated rings. The monoisotopic (exact) mass is 569 g/mol. The first-order valence-corrected chi connectivity index (χ1v) is 13.4. The van der Waals surface area contributed by atoms with Crippen LogP contribution in [0.15, 0.2) is 65.9 Å². The lowest BCUT2D eigenvalue weighted by Gasteiger charge is -2.32. The fourth-order valence-electron chi connectivity index (χ4n) is 5.35. The second kappa shape index (κ2) is 12.7. The van der Waals surface area contributed by atoms with Crippen LogP contribution in [-0.2, 0) is 13.6 Å². The Bertz CT molecular complexity index is 1490. The van der Waals surface area contributed by atoms with Crippen LogP contribution in [0.2, 0.25) is 0 Å². The lowest BCUT2D eigenvalue weighted by atomic mass is 9.88. The number of carbonyl (C=O) groups is 1. The number of rotatable bonds is 6. The zero-order valence-corrected chi connectivity index (χ0v) is 23.4. The molecule has 6 nitrogen and oxygen atoms in total. The number of allylic oxidation sites excluding steroid dienone is 4. The largest absolute Gasteiger partial charge is 0.345 e. The zero-order valence-electron chi connectivity index (χ0n) is 23.4. The summed E-state index contributed by atoms with van der Waals surface area (Å²) in [7, 11) is 5.28. The molecule has 10 heteroatoms. The number of alkyl halides is 4. The van der Waals surface area contributed by atoms with Crippen molar-refractivity contribution < 1.29 is 22.4 Å². The van der Waals surface area contributed by atoms with Crippen LogP contribution in [0.25, 0.3) is 12.2 Å². The van der Waals surface area contributed by atoms with Gasteiger partial charge in [0.05, 0.1) is 5.71 Å². The SMILES string of the molecule is C=c1cc(CN2CCC(c3ccc(C(=O)N(C)C)cc3)CC2)n(C)[nH]ccc1=C1C(C(F)F)=CC(=N)C=C1C(F)F. The maximum Gasteiger partial charge on any atom is 0.264 e. The van der Waals surface area contributed by atoms with Crippen LogP contribution in [0.4, 0.5) is 17.6 Å². The lowest BCUT2D eigenvalue weighted by Crippen LogP contribution is -2.35. The Kier molecular flexibility index (Phi) is 9.32. The summed E-state index contributed by atoms with van der Waals surface area (Å²) in [6.45, 7) is 6.24. The van der Waals surface area contributed by atoms with Crippen LogP contribution < -0.4 is 10.4 Å². The third kappa shape index (κ3) is 6.87. The standard InChI is InChI=1S/C31H35F4N5O/c1-19-15-24(18-40-13-10-21(11-14-40)20-5-7-22(8-6-20)31(41)38(2)3)39(4)37-12-9-25(19)28-26(29(32)33)16-23(36)17-27(28)30(34)35/h5-9,12,15-17,21,29-30,36-37H,1,10-11,13-14,18H2,2-4H3. The normalized spacial score (nSPS) is 16.6. The fraction of sp³-hybridized carbons (Fsp3) is 0.355. The molecule has 2 aliphatic rings. The molecule has 2 N–H and O–H groups in total. The van der Waals surface area contributed by atoms with Gasteiger partial charge in [0.2, 0.25) is 0 Å². The number of H-pyrrole nitrogens is 1. The number of carbonyl (C=O) groups excluding carboxylic acids is 1. The zero-order chi connectivity index (χ0) is 29.8. The molecular formula is C31H35F4N5O. The maximum atomic E-state index is 13.9. The number of likely N-dealkylation sites (tertiary alicyclic amines) is 1. The highest BCUT2D eigenvalue weighted by molar-refractivity contribution is 6.10. The molecule has 1 aromatic heterocycles. The Balaban J connectivity index is 1.59. The molecule has 4 rings (SSSR count). The van der Waals surface area contributed by atoms with E-state index in [0.717, 1.165) is 43.8 Å².